The van der Waals surface area contributed by atoms with Gasteiger partial charge in [0.2, 0.25) is 0 Å². The molecule has 0 spiro atoms. The zero-order valence-corrected chi connectivity index (χ0v) is 20.3. The zero-order valence-electron chi connectivity index (χ0n) is 15.4. The summed E-state index contributed by atoms with van der Waals surface area (Å²) in [7, 11) is -5.83. The average molecular weight is 501 g/mol. The molecule has 158 valence electrons. The Morgan fingerprint density at radius 1 is 0.714 bits per heavy atom. The van der Waals surface area contributed by atoms with Gasteiger partial charge in [-0.3, -0.25) is 0 Å². The van der Waals surface area contributed by atoms with Gasteiger partial charge in [0.25, 0.3) is 0 Å². The third-order valence-corrected chi connectivity index (χ3v) is 13.2. The number of thiocarbonyl (C=S) groups is 2. The van der Waals surface area contributed by atoms with Crippen molar-refractivity contribution in [1.82, 2.24) is 9.80 Å². The largest absolute Gasteiger partial charge is 0.352 e. The molecule has 12 heteroatoms. The van der Waals surface area contributed by atoms with Gasteiger partial charge >= 0.3 is 0 Å². The van der Waals surface area contributed by atoms with Gasteiger partial charge in [-0.2, -0.15) is 0 Å². The summed E-state index contributed by atoms with van der Waals surface area (Å²) in [6.07, 6.45) is 4.08. The maximum absolute atomic E-state index is 11.8. The van der Waals surface area contributed by atoms with Crippen LogP contribution in [0.1, 0.15) is 25.7 Å². The minimum absolute atomic E-state index is 0.0581. The SMILES string of the molecule is O=S1(=O)C[C@@H]2[C@@H](C1)SC(=S)N2CCCCCCN1C(=S)S[C@@H]2CS(=O)(=O)C[C@@H]21. The van der Waals surface area contributed by atoms with Crippen molar-refractivity contribution in [3.63, 3.8) is 0 Å². The predicted molar refractivity (Wildman–Crippen MR) is 125 cm³/mol. The minimum Gasteiger partial charge on any atom is -0.352 e. The maximum Gasteiger partial charge on any atom is 0.153 e. The van der Waals surface area contributed by atoms with E-state index in [4.69, 9.17) is 24.4 Å². The lowest BCUT2D eigenvalue weighted by atomic mass is 10.1. The molecule has 0 bridgehead atoms. The van der Waals surface area contributed by atoms with Crippen molar-refractivity contribution in [2.45, 2.75) is 48.3 Å². The maximum atomic E-state index is 11.8. The van der Waals surface area contributed by atoms with E-state index in [-0.39, 0.29) is 45.6 Å². The highest BCUT2D eigenvalue weighted by molar-refractivity contribution is 8.24. The number of fused-ring (bicyclic) bond motifs is 2. The van der Waals surface area contributed by atoms with Crippen LogP contribution in [-0.2, 0) is 19.7 Å². The molecule has 0 radical (unpaired) electrons. The lowest BCUT2D eigenvalue weighted by molar-refractivity contribution is 0.336. The second-order valence-corrected chi connectivity index (χ2v) is 16.0. The van der Waals surface area contributed by atoms with Crippen molar-refractivity contribution in [2.24, 2.45) is 0 Å². The zero-order chi connectivity index (χ0) is 20.1. The standard InChI is InChI=1S/C16H24N2O4S6/c19-27(20)7-11-13(9-27)25-15(23)17(11)5-3-1-2-4-6-18-12-8-28(21,22)10-14(12)26-16(18)24/h11-14H,1-10H2/t11-,12+,13-,14-/m1/s1. The molecular weight excluding hydrogens is 477 g/mol. The summed E-state index contributed by atoms with van der Waals surface area (Å²) in [5.74, 6) is 0.982. The highest BCUT2D eigenvalue weighted by Crippen LogP contribution is 2.39. The smallest absolute Gasteiger partial charge is 0.153 e. The van der Waals surface area contributed by atoms with Crippen molar-refractivity contribution in [1.29, 1.82) is 0 Å². The molecule has 4 fully saturated rings. The van der Waals surface area contributed by atoms with E-state index in [2.05, 4.69) is 9.80 Å². The molecule has 0 aromatic carbocycles. The number of unbranched alkanes of at least 4 members (excludes halogenated alkanes) is 3. The third-order valence-electron chi connectivity index (χ3n) is 5.87. The van der Waals surface area contributed by atoms with E-state index < -0.39 is 19.7 Å². The molecule has 0 N–H and O–H groups in total. The van der Waals surface area contributed by atoms with Gasteiger partial charge in [0.1, 0.15) is 8.64 Å². The summed E-state index contributed by atoms with van der Waals surface area (Å²) in [4.78, 5) is 4.24. The summed E-state index contributed by atoms with van der Waals surface area (Å²) < 4.78 is 49.1. The molecule has 0 amide bonds. The van der Waals surface area contributed by atoms with Gasteiger partial charge in [0.05, 0.1) is 35.1 Å². The van der Waals surface area contributed by atoms with E-state index in [1.807, 2.05) is 0 Å². The molecule has 4 saturated heterocycles. The van der Waals surface area contributed by atoms with Gasteiger partial charge in [-0.15, -0.1) is 0 Å². The lowest BCUT2D eigenvalue weighted by Gasteiger charge is -2.25. The van der Waals surface area contributed by atoms with Crippen LogP contribution < -0.4 is 0 Å². The van der Waals surface area contributed by atoms with E-state index in [0.29, 0.717) is 0 Å². The van der Waals surface area contributed by atoms with Gasteiger partial charge in [0.15, 0.2) is 19.7 Å². The number of hydrogen-bond donors (Lipinski definition) is 0. The van der Waals surface area contributed by atoms with Crippen molar-refractivity contribution in [3.05, 3.63) is 0 Å². The van der Waals surface area contributed by atoms with Gasteiger partial charge in [0, 0.05) is 23.6 Å². The Bertz CT molecular complexity index is 802. The molecule has 6 nitrogen and oxygen atoms in total. The van der Waals surface area contributed by atoms with Crippen LogP contribution in [0.15, 0.2) is 0 Å². The molecule has 0 saturated carbocycles. The highest BCUT2D eigenvalue weighted by atomic mass is 32.2. The second kappa shape index (κ2) is 8.14. The van der Waals surface area contributed by atoms with Crippen LogP contribution in [0, 0.1) is 0 Å². The van der Waals surface area contributed by atoms with Crippen LogP contribution in [-0.4, -0.2) is 94.0 Å². The fourth-order valence-corrected chi connectivity index (χ4v) is 13.3. The first-order valence-corrected chi connectivity index (χ1v) is 15.7. The van der Waals surface area contributed by atoms with Gasteiger partial charge in [-0.1, -0.05) is 60.8 Å². The van der Waals surface area contributed by atoms with Gasteiger partial charge in [-0.05, 0) is 12.8 Å². The number of sulfone groups is 2. The Labute approximate surface area is 186 Å². The van der Waals surface area contributed by atoms with E-state index in [1.54, 1.807) is 23.5 Å². The fourth-order valence-electron chi connectivity index (χ4n) is 4.50. The minimum atomic E-state index is -2.92. The van der Waals surface area contributed by atoms with Crippen LogP contribution in [0.4, 0.5) is 0 Å². The first-order chi connectivity index (χ1) is 13.2. The van der Waals surface area contributed by atoms with Crippen molar-refractivity contribution >= 4 is 76.3 Å². The monoisotopic (exact) mass is 500 g/mol. The molecule has 0 unspecified atom stereocenters. The molecule has 0 aromatic heterocycles. The van der Waals surface area contributed by atoms with Gasteiger partial charge < -0.3 is 9.80 Å². The third kappa shape index (κ3) is 4.51. The molecule has 0 aromatic rings. The summed E-state index contributed by atoms with van der Waals surface area (Å²) >= 11 is 14.0. The van der Waals surface area contributed by atoms with Crippen LogP contribution in [0.5, 0.6) is 0 Å². The topological polar surface area (TPSA) is 74.8 Å². The first-order valence-electron chi connectivity index (χ1n) is 9.50. The number of thioether (sulfide) groups is 2. The van der Waals surface area contributed by atoms with E-state index in [1.165, 1.54) is 0 Å². The normalized spacial score (nSPS) is 35.6. The Morgan fingerprint density at radius 3 is 1.50 bits per heavy atom. The summed E-state index contributed by atoms with van der Waals surface area (Å²) in [6.45, 7) is 1.65. The molecule has 0 aliphatic carbocycles. The number of hydrogen-bond acceptors (Lipinski definition) is 8. The number of rotatable bonds is 7. The van der Waals surface area contributed by atoms with Crippen molar-refractivity contribution < 1.29 is 16.8 Å². The summed E-state index contributed by atoms with van der Waals surface area (Å²) in [5.41, 5.74) is 0. The van der Waals surface area contributed by atoms with Crippen LogP contribution in [0.2, 0.25) is 0 Å². The van der Waals surface area contributed by atoms with Crippen LogP contribution in [0.3, 0.4) is 0 Å². The Balaban J connectivity index is 1.18. The molecule has 4 aliphatic rings. The lowest BCUT2D eigenvalue weighted by Crippen LogP contribution is -2.37. The molecule has 4 rings (SSSR count). The average Bonchev–Trinajstić information content (AvgIpc) is 3.20. The van der Waals surface area contributed by atoms with Crippen LogP contribution >= 0.6 is 48.0 Å². The molecular formula is C16H24N2O4S6. The van der Waals surface area contributed by atoms with E-state index in [9.17, 15) is 16.8 Å². The van der Waals surface area contributed by atoms with E-state index in [0.717, 1.165) is 47.4 Å². The van der Waals surface area contributed by atoms with E-state index >= 15 is 0 Å². The Kier molecular flexibility index (Phi) is 6.28. The summed E-state index contributed by atoms with van der Waals surface area (Å²) in [6, 6.07) is 0.116. The quantitative estimate of drug-likeness (QED) is 0.380. The molecule has 4 atom stereocenters. The molecule has 4 heterocycles. The first kappa shape index (κ1) is 21.6. The fraction of sp³-hybridized carbons (Fsp3) is 0.875. The predicted octanol–water partition coefficient (Wildman–Crippen LogP) is 1.55. The number of nitrogens with zero attached hydrogens (tertiary/aromatic N) is 2. The second-order valence-electron chi connectivity index (χ2n) is 7.93. The summed E-state index contributed by atoms with van der Waals surface area (Å²) in [5, 5.41) is 0.226. The van der Waals surface area contributed by atoms with Crippen molar-refractivity contribution in [3.8, 4) is 0 Å². The van der Waals surface area contributed by atoms with Crippen molar-refractivity contribution in [2.75, 3.05) is 36.1 Å². The molecule has 28 heavy (non-hydrogen) atoms. The van der Waals surface area contributed by atoms with Gasteiger partial charge in [-0.25, -0.2) is 16.8 Å². The highest BCUT2D eigenvalue weighted by Gasteiger charge is 2.48. The Hall–Kier alpha value is 0.380. The van der Waals surface area contributed by atoms with Crippen LogP contribution in [0.25, 0.3) is 0 Å². The Morgan fingerprint density at radius 2 is 1.11 bits per heavy atom. The molecule has 4 aliphatic heterocycles.